The SMILES string of the molecule is O=C(CSc1nnc(SCc2ccc(Cl)cc2)s1)N/N=C\c1c(F)cccc1Cl. The molecule has 2 aromatic carbocycles. The summed E-state index contributed by atoms with van der Waals surface area (Å²) in [6.07, 6.45) is 1.18. The first-order chi connectivity index (χ1) is 14.0. The van der Waals surface area contributed by atoms with Gasteiger partial charge in [-0.2, -0.15) is 5.10 Å². The molecule has 0 bridgehead atoms. The Morgan fingerprint density at radius 2 is 1.86 bits per heavy atom. The van der Waals surface area contributed by atoms with Crippen LogP contribution < -0.4 is 5.43 Å². The summed E-state index contributed by atoms with van der Waals surface area (Å²) in [5, 5.41) is 12.8. The normalized spacial score (nSPS) is 11.1. The molecule has 3 aromatic rings. The van der Waals surface area contributed by atoms with E-state index in [1.807, 2.05) is 24.3 Å². The number of thioether (sulfide) groups is 2. The van der Waals surface area contributed by atoms with Crippen LogP contribution in [0.4, 0.5) is 4.39 Å². The largest absolute Gasteiger partial charge is 0.272 e. The fraction of sp³-hybridized carbons (Fsp3) is 0.111. The highest BCUT2D eigenvalue weighted by Crippen LogP contribution is 2.30. The number of hydrazone groups is 1. The quantitative estimate of drug-likeness (QED) is 0.258. The van der Waals surface area contributed by atoms with Gasteiger partial charge in [-0.15, -0.1) is 10.2 Å². The van der Waals surface area contributed by atoms with Gasteiger partial charge in [0, 0.05) is 16.3 Å². The molecular weight excluding hydrogens is 474 g/mol. The number of nitrogens with zero attached hydrogens (tertiary/aromatic N) is 3. The molecule has 1 N–H and O–H groups in total. The van der Waals surface area contributed by atoms with Crippen molar-refractivity contribution < 1.29 is 9.18 Å². The van der Waals surface area contributed by atoms with Gasteiger partial charge in [-0.3, -0.25) is 4.79 Å². The average molecular weight is 487 g/mol. The van der Waals surface area contributed by atoms with Crippen molar-refractivity contribution >= 4 is 70.2 Å². The number of carbonyl (C=O) groups is 1. The van der Waals surface area contributed by atoms with Crippen molar-refractivity contribution in [2.45, 2.75) is 14.4 Å². The fourth-order valence-electron chi connectivity index (χ4n) is 2.00. The Morgan fingerprint density at radius 1 is 1.14 bits per heavy atom. The number of hydrogen-bond acceptors (Lipinski definition) is 7. The third kappa shape index (κ3) is 6.97. The van der Waals surface area contributed by atoms with Gasteiger partial charge < -0.3 is 0 Å². The van der Waals surface area contributed by atoms with E-state index in [-0.39, 0.29) is 22.2 Å². The van der Waals surface area contributed by atoms with Gasteiger partial charge in [-0.05, 0) is 29.8 Å². The zero-order chi connectivity index (χ0) is 20.6. The summed E-state index contributed by atoms with van der Waals surface area (Å²) in [5.74, 6) is 0.00923. The molecule has 5 nitrogen and oxygen atoms in total. The van der Waals surface area contributed by atoms with E-state index in [1.54, 1.807) is 17.8 Å². The molecule has 0 unspecified atom stereocenters. The summed E-state index contributed by atoms with van der Waals surface area (Å²) in [5.41, 5.74) is 3.59. The molecule has 1 aromatic heterocycles. The van der Waals surface area contributed by atoms with Crippen molar-refractivity contribution in [1.82, 2.24) is 15.6 Å². The molecule has 150 valence electrons. The van der Waals surface area contributed by atoms with Crippen LogP contribution in [0.3, 0.4) is 0 Å². The molecule has 0 spiro atoms. The lowest BCUT2D eigenvalue weighted by atomic mass is 10.2. The summed E-state index contributed by atoms with van der Waals surface area (Å²) < 4.78 is 15.1. The molecular formula is C18H13Cl2FN4OS3. The number of benzene rings is 2. The van der Waals surface area contributed by atoms with E-state index < -0.39 is 5.82 Å². The molecule has 1 amide bonds. The number of rotatable bonds is 8. The Balaban J connectivity index is 1.43. The molecule has 0 aliphatic heterocycles. The Morgan fingerprint density at radius 3 is 2.59 bits per heavy atom. The van der Waals surface area contributed by atoms with Crippen molar-refractivity contribution in [2.75, 3.05) is 5.75 Å². The van der Waals surface area contributed by atoms with Crippen LogP contribution in [0.1, 0.15) is 11.1 Å². The van der Waals surface area contributed by atoms with Gasteiger partial charge in [0.2, 0.25) is 0 Å². The molecule has 0 radical (unpaired) electrons. The number of hydrogen-bond donors (Lipinski definition) is 1. The second-order valence-electron chi connectivity index (χ2n) is 5.47. The van der Waals surface area contributed by atoms with Crippen LogP contribution in [0.25, 0.3) is 0 Å². The molecule has 0 fully saturated rings. The second-order valence-corrected chi connectivity index (χ2v) is 9.73. The van der Waals surface area contributed by atoms with Crippen LogP contribution >= 0.6 is 58.1 Å². The lowest BCUT2D eigenvalue weighted by Crippen LogP contribution is -2.19. The third-order valence-corrected chi connectivity index (χ3v) is 7.22. The van der Waals surface area contributed by atoms with Crippen molar-refractivity contribution in [3.63, 3.8) is 0 Å². The number of aromatic nitrogens is 2. The molecule has 0 saturated heterocycles. The van der Waals surface area contributed by atoms with Gasteiger partial charge in [-0.1, -0.05) is 76.3 Å². The minimum Gasteiger partial charge on any atom is -0.272 e. The minimum atomic E-state index is -0.512. The Bertz CT molecular complexity index is 994. The van der Waals surface area contributed by atoms with Crippen LogP contribution in [-0.4, -0.2) is 28.1 Å². The van der Waals surface area contributed by atoms with Gasteiger partial charge in [0.1, 0.15) is 5.82 Å². The molecule has 0 atom stereocenters. The van der Waals surface area contributed by atoms with E-state index in [9.17, 15) is 9.18 Å². The highest BCUT2D eigenvalue weighted by molar-refractivity contribution is 8.03. The molecule has 3 rings (SSSR count). The van der Waals surface area contributed by atoms with Gasteiger partial charge >= 0.3 is 0 Å². The monoisotopic (exact) mass is 486 g/mol. The number of carbonyl (C=O) groups excluding carboxylic acids is 1. The van der Waals surface area contributed by atoms with Crippen LogP contribution in [0.15, 0.2) is 56.2 Å². The van der Waals surface area contributed by atoms with E-state index in [1.165, 1.54) is 41.4 Å². The highest BCUT2D eigenvalue weighted by atomic mass is 35.5. The smallest absolute Gasteiger partial charge is 0.250 e. The number of nitrogens with one attached hydrogen (secondary N) is 1. The molecule has 1 heterocycles. The van der Waals surface area contributed by atoms with Crippen molar-refractivity contribution in [2.24, 2.45) is 5.10 Å². The molecule has 29 heavy (non-hydrogen) atoms. The second kappa shape index (κ2) is 10.9. The summed E-state index contributed by atoms with van der Waals surface area (Å²) >= 11 is 16.0. The van der Waals surface area contributed by atoms with E-state index >= 15 is 0 Å². The first kappa shape index (κ1) is 22.0. The summed E-state index contributed by atoms with van der Waals surface area (Å²) in [4.78, 5) is 11.9. The van der Waals surface area contributed by atoms with Crippen LogP contribution in [0.5, 0.6) is 0 Å². The molecule has 0 saturated carbocycles. The van der Waals surface area contributed by atoms with E-state index in [0.717, 1.165) is 15.7 Å². The minimum absolute atomic E-state index is 0.110. The summed E-state index contributed by atoms with van der Waals surface area (Å²) in [7, 11) is 0. The topological polar surface area (TPSA) is 67.2 Å². The third-order valence-electron chi connectivity index (χ3n) is 3.37. The van der Waals surface area contributed by atoms with Gasteiger partial charge in [-0.25, -0.2) is 9.82 Å². The van der Waals surface area contributed by atoms with Gasteiger partial charge in [0.25, 0.3) is 5.91 Å². The number of amides is 1. The summed E-state index contributed by atoms with van der Waals surface area (Å²) in [6, 6.07) is 11.9. The summed E-state index contributed by atoms with van der Waals surface area (Å²) in [6.45, 7) is 0. The predicted octanol–water partition coefficient (Wildman–Crippen LogP) is 5.52. The molecule has 0 aliphatic carbocycles. The Hall–Kier alpha value is -1.65. The Labute approximate surface area is 189 Å². The predicted molar refractivity (Wildman–Crippen MR) is 119 cm³/mol. The van der Waals surface area contributed by atoms with Crippen molar-refractivity contribution in [3.8, 4) is 0 Å². The zero-order valence-electron chi connectivity index (χ0n) is 14.6. The van der Waals surface area contributed by atoms with Crippen molar-refractivity contribution in [1.29, 1.82) is 0 Å². The van der Waals surface area contributed by atoms with E-state index in [0.29, 0.717) is 9.36 Å². The standard InChI is InChI=1S/C18H13Cl2FN4OS3/c19-12-6-4-11(5-7-12)9-27-17-24-25-18(29-17)28-10-16(26)23-22-8-13-14(20)2-1-3-15(13)21/h1-8H,9-10H2,(H,23,26)/b22-8-. The first-order valence-corrected chi connectivity index (χ1v) is 11.6. The van der Waals surface area contributed by atoms with Crippen molar-refractivity contribution in [3.05, 3.63) is 69.5 Å². The van der Waals surface area contributed by atoms with Crippen LogP contribution in [0, 0.1) is 5.82 Å². The van der Waals surface area contributed by atoms with E-state index in [4.69, 9.17) is 23.2 Å². The maximum atomic E-state index is 13.6. The van der Waals surface area contributed by atoms with Crippen LogP contribution in [-0.2, 0) is 10.5 Å². The van der Waals surface area contributed by atoms with Gasteiger partial charge in [0.05, 0.1) is 17.0 Å². The van der Waals surface area contributed by atoms with E-state index in [2.05, 4.69) is 20.7 Å². The average Bonchev–Trinajstić information content (AvgIpc) is 3.16. The lowest BCUT2D eigenvalue weighted by molar-refractivity contribution is -0.118. The fourth-order valence-corrected chi connectivity index (χ4v) is 5.11. The zero-order valence-corrected chi connectivity index (χ0v) is 18.6. The van der Waals surface area contributed by atoms with Gasteiger partial charge in [0.15, 0.2) is 8.68 Å². The lowest BCUT2D eigenvalue weighted by Gasteiger charge is -2.00. The number of halogens is 3. The maximum Gasteiger partial charge on any atom is 0.250 e. The molecule has 0 aliphatic rings. The molecule has 11 heteroatoms. The first-order valence-electron chi connectivity index (χ1n) is 8.11. The maximum absolute atomic E-state index is 13.6. The highest BCUT2D eigenvalue weighted by Gasteiger charge is 2.09. The van der Waals surface area contributed by atoms with Crippen LogP contribution in [0.2, 0.25) is 10.0 Å². The Kier molecular flexibility index (Phi) is 8.31.